The van der Waals surface area contributed by atoms with Gasteiger partial charge in [-0.05, 0) is 26.2 Å². The summed E-state index contributed by atoms with van der Waals surface area (Å²) < 4.78 is 1.90. The number of aromatic amines is 1. The van der Waals surface area contributed by atoms with Crippen molar-refractivity contribution in [3.05, 3.63) is 22.4 Å². The van der Waals surface area contributed by atoms with E-state index in [0.717, 1.165) is 12.8 Å². The van der Waals surface area contributed by atoms with Crippen LogP contribution in [-0.4, -0.2) is 48.9 Å². The van der Waals surface area contributed by atoms with Crippen LogP contribution in [0.25, 0.3) is 11.0 Å². The number of fused-ring (bicyclic) bond motifs is 1. The molecule has 7 nitrogen and oxygen atoms in total. The van der Waals surface area contributed by atoms with Crippen LogP contribution in [0.4, 0.5) is 0 Å². The standard InChI is InChI=1S/C14H19N5O2/c1-8(18-6-10(20)7-18)12-16-13-11(14(21)17-12)5-15-19(13)9-3-2-4-9/h5,8-10,20H,2-4,6-7H2,1H3,(H,16,17,21)/t8-/m1/s1. The molecule has 2 aromatic heterocycles. The maximum Gasteiger partial charge on any atom is 0.262 e. The molecule has 0 bridgehead atoms. The van der Waals surface area contributed by atoms with Crippen LogP contribution in [0.2, 0.25) is 0 Å². The van der Waals surface area contributed by atoms with E-state index in [1.807, 2.05) is 11.6 Å². The van der Waals surface area contributed by atoms with Crippen LogP contribution in [-0.2, 0) is 0 Å². The third-order valence-corrected chi connectivity index (χ3v) is 4.74. The highest BCUT2D eigenvalue weighted by atomic mass is 16.3. The van der Waals surface area contributed by atoms with Crippen molar-refractivity contribution < 1.29 is 5.11 Å². The summed E-state index contributed by atoms with van der Waals surface area (Å²) in [6, 6.07) is 0.376. The van der Waals surface area contributed by atoms with Crippen LogP contribution in [0, 0.1) is 0 Å². The minimum atomic E-state index is -0.261. The number of β-amino-alcohol motifs (C(OH)–C–C–N with tert-alkyl or cyclic N) is 1. The van der Waals surface area contributed by atoms with Crippen molar-refractivity contribution in [3.63, 3.8) is 0 Å². The van der Waals surface area contributed by atoms with E-state index in [4.69, 9.17) is 0 Å². The van der Waals surface area contributed by atoms with Crippen LogP contribution < -0.4 is 5.56 Å². The molecule has 21 heavy (non-hydrogen) atoms. The van der Waals surface area contributed by atoms with Gasteiger partial charge in [0.2, 0.25) is 0 Å². The van der Waals surface area contributed by atoms with E-state index >= 15 is 0 Å². The molecule has 7 heteroatoms. The van der Waals surface area contributed by atoms with Crippen molar-refractivity contribution in [2.24, 2.45) is 0 Å². The van der Waals surface area contributed by atoms with Gasteiger partial charge in [-0.2, -0.15) is 5.10 Å². The maximum absolute atomic E-state index is 12.2. The van der Waals surface area contributed by atoms with Crippen molar-refractivity contribution in [1.29, 1.82) is 0 Å². The Hall–Kier alpha value is -1.73. The number of hydrogen-bond donors (Lipinski definition) is 2. The van der Waals surface area contributed by atoms with E-state index in [9.17, 15) is 9.90 Å². The Bertz CT molecular complexity index is 727. The molecule has 4 rings (SSSR count). The van der Waals surface area contributed by atoms with Crippen LogP contribution in [0.3, 0.4) is 0 Å². The number of hydrogen-bond acceptors (Lipinski definition) is 5. The molecular formula is C14H19N5O2. The van der Waals surface area contributed by atoms with Gasteiger partial charge >= 0.3 is 0 Å². The molecule has 1 aliphatic heterocycles. The van der Waals surface area contributed by atoms with E-state index in [0.29, 0.717) is 36.0 Å². The molecule has 1 atom stereocenters. The zero-order valence-corrected chi connectivity index (χ0v) is 12.0. The number of aromatic nitrogens is 4. The summed E-state index contributed by atoms with van der Waals surface area (Å²) in [5.74, 6) is 0.653. The molecular weight excluding hydrogens is 270 g/mol. The summed E-state index contributed by atoms with van der Waals surface area (Å²) >= 11 is 0. The number of aliphatic hydroxyl groups excluding tert-OH is 1. The van der Waals surface area contributed by atoms with Crippen molar-refractivity contribution in [1.82, 2.24) is 24.6 Å². The molecule has 0 spiro atoms. The molecule has 2 N–H and O–H groups in total. The van der Waals surface area contributed by atoms with Gasteiger partial charge in [0, 0.05) is 13.1 Å². The zero-order chi connectivity index (χ0) is 14.6. The van der Waals surface area contributed by atoms with Crippen LogP contribution >= 0.6 is 0 Å². The average molecular weight is 289 g/mol. The van der Waals surface area contributed by atoms with Gasteiger partial charge in [-0.3, -0.25) is 9.69 Å². The summed E-state index contributed by atoms with van der Waals surface area (Å²) in [4.78, 5) is 21.8. The molecule has 2 aliphatic rings. The Kier molecular flexibility index (Phi) is 2.87. The molecule has 2 fully saturated rings. The monoisotopic (exact) mass is 289 g/mol. The number of rotatable bonds is 3. The molecule has 0 aromatic carbocycles. The predicted molar refractivity (Wildman–Crippen MR) is 77.0 cm³/mol. The molecule has 112 valence electrons. The second-order valence-electron chi connectivity index (χ2n) is 6.15. The predicted octanol–water partition coefficient (Wildman–Crippen LogP) is 0.582. The minimum absolute atomic E-state index is 0.00441. The summed E-state index contributed by atoms with van der Waals surface area (Å²) in [6.45, 7) is 3.26. The Labute approximate surface area is 121 Å². The fraction of sp³-hybridized carbons (Fsp3) is 0.643. The van der Waals surface area contributed by atoms with Gasteiger partial charge in [-0.25, -0.2) is 9.67 Å². The fourth-order valence-electron chi connectivity index (χ4n) is 3.03. The smallest absolute Gasteiger partial charge is 0.262 e. The van der Waals surface area contributed by atoms with E-state index in [1.54, 1.807) is 6.20 Å². The van der Waals surface area contributed by atoms with Gasteiger partial charge < -0.3 is 10.1 Å². The molecule has 3 heterocycles. The zero-order valence-electron chi connectivity index (χ0n) is 12.0. The maximum atomic E-state index is 12.2. The molecule has 2 aromatic rings. The first-order valence-corrected chi connectivity index (χ1v) is 7.53. The highest BCUT2D eigenvalue weighted by molar-refractivity contribution is 5.73. The minimum Gasteiger partial charge on any atom is -0.390 e. The van der Waals surface area contributed by atoms with E-state index in [2.05, 4.69) is 20.0 Å². The second kappa shape index (κ2) is 4.64. The molecule has 1 saturated carbocycles. The van der Waals surface area contributed by atoms with Crippen molar-refractivity contribution in [3.8, 4) is 0 Å². The lowest BCUT2D eigenvalue weighted by Gasteiger charge is -2.39. The van der Waals surface area contributed by atoms with E-state index < -0.39 is 0 Å². The van der Waals surface area contributed by atoms with Crippen LogP contribution in [0.1, 0.15) is 44.1 Å². The number of nitrogens with zero attached hydrogens (tertiary/aromatic N) is 4. The lowest BCUT2D eigenvalue weighted by molar-refractivity contribution is -0.0230. The van der Waals surface area contributed by atoms with Gasteiger partial charge in [0.1, 0.15) is 11.2 Å². The first-order chi connectivity index (χ1) is 10.1. The van der Waals surface area contributed by atoms with Crippen LogP contribution in [0.15, 0.2) is 11.0 Å². The Morgan fingerprint density at radius 2 is 2.19 bits per heavy atom. The SMILES string of the molecule is C[C@H](c1nc2c(cnn2C2CCC2)c(=O)[nH]1)N1CC(O)C1. The van der Waals surface area contributed by atoms with Gasteiger partial charge in [0.05, 0.1) is 24.4 Å². The topological polar surface area (TPSA) is 87.0 Å². The first kappa shape index (κ1) is 13.0. The molecule has 1 saturated heterocycles. The van der Waals surface area contributed by atoms with Crippen molar-refractivity contribution in [2.75, 3.05) is 13.1 Å². The lowest BCUT2D eigenvalue weighted by Crippen LogP contribution is -2.51. The van der Waals surface area contributed by atoms with E-state index in [1.165, 1.54) is 6.42 Å². The van der Waals surface area contributed by atoms with Crippen LogP contribution in [0.5, 0.6) is 0 Å². The largest absolute Gasteiger partial charge is 0.390 e. The normalized spacial score (nSPS) is 22.2. The molecule has 0 amide bonds. The Morgan fingerprint density at radius 3 is 2.81 bits per heavy atom. The Morgan fingerprint density at radius 1 is 1.43 bits per heavy atom. The highest BCUT2D eigenvalue weighted by Gasteiger charge is 2.31. The molecule has 0 radical (unpaired) electrons. The summed E-state index contributed by atoms with van der Waals surface area (Å²) in [5, 5.41) is 14.3. The number of likely N-dealkylation sites (tertiary alicyclic amines) is 1. The third kappa shape index (κ3) is 1.99. The highest BCUT2D eigenvalue weighted by Crippen LogP contribution is 2.32. The van der Waals surface area contributed by atoms with Gasteiger partial charge in [-0.1, -0.05) is 0 Å². The second-order valence-corrected chi connectivity index (χ2v) is 6.15. The van der Waals surface area contributed by atoms with Gasteiger partial charge in [-0.15, -0.1) is 0 Å². The number of nitrogens with one attached hydrogen (secondary N) is 1. The summed E-state index contributed by atoms with van der Waals surface area (Å²) in [6.07, 6.45) is 4.78. The molecule has 1 aliphatic carbocycles. The first-order valence-electron chi connectivity index (χ1n) is 7.53. The summed E-state index contributed by atoms with van der Waals surface area (Å²) in [7, 11) is 0. The van der Waals surface area contributed by atoms with E-state index in [-0.39, 0.29) is 17.7 Å². The average Bonchev–Trinajstić information content (AvgIpc) is 2.77. The van der Waals surface area contributed by atoms with Crippen molar-refractivity contribution in [2.45, 2.75) is 44.4 Å². The molecule has 0 unspecified atom stereocenters. The fourth-order valence-corrected chi connectivity index (χ4v) is 3.03. The number of aliphatic hydroxyl groups is 1. The lowest BCUT2D eigenvalue weighted by atomic mass is 9.93. The number of H-pyrrole nitrogens is 1. The van der Waals surface area contributed by atoms with Crippen molar-refractivity contribution >= 4 is 11.0 Å². The third-order valence-electron chi connectivity index (χ3n) is 4.74. The van der Waals surface area contributed by atoms with Gasteiger partial charge in [0.25, 0.3) is 5.56 Å². The van der Waals surface area contributed by atoms with Gasteiger partial charge in [0.15, 0.2) is 5.65 Å². The Balaban J connectivity index is 1.74. The quantitative estimate of drug-likeness (QED) is 0.863. The summed E-state index contributed by atoms with van der Waals surface area (Å²) in [5.41, 5.74) is 0.555.